The molecule has 1 aliphatic heterocycles. The zero-order chi connectivity index (χ0) is 14.8. The van der Waals surface area contributed by atoms with Crippen LogP contribution in [0.4, 0.5) is 5.13 Å². The Hall–Kier alpha value is -1.15. The normalized spacial score (nSPS) is 20.9. The highest BCUT2D eigenvalue weighted by atomic mass is 32.2. The number of amides is 1. The van der Waals surface area contributed by atoms with Gasteiger partial charge in [0.25, 0.3) is 5.91 Å². The molecule has 8 heteroatoms. The minimum absolute atomic E-state index is 0.0576. The van der Waals surface area contributed by atoms with Crippen LogP contribution in [0.15, 0.2) is 5.38 Å². The fourth-order valence-electron chi connectivity index (χ4n) is 2.33. The quantitative estimate of drug-likeness (QED) is 0.879. The van der Waals surface area contributed by atoms with Gasteiger partial charge in [-0.2, -0.15) is 0 Å². The van der Waals surface area contributed by atoms with Crippen LogP contribution in [0.3, 0.4) is 0 Å². The number of nitrogen functional groups attached to an aromatic ring is 1. The van der Waals surface area contributed by atoms with Crippen molar-refractivity contribution in [3.63, 3.8) is 0 Å². The Morgan fingerprint density at radius 1 is 1.60 bits per heavy atom. The highest BCUT2D eigenvalue weighted by molar-refractivity contribution is 7.91. The van der Waals surface area contributed by atoms with Crippen molar-refractivity contribution < 1.29 is 13.2 Å². The monoisotopic (exact) mass is 317 g/mol. The molecule has 1 aromatic rings. The van der Waals surface area contributed by atoms with Gasteiger partial charge in [0.15, 0.2) is 15.0 Å². The fraction of sp³-hybridized carbons (Fsp3) is 0.667. The molecule has 0 saturated carbocycles. The summed E-state index contributed by atoms with van der Waals surface area (Å²) in [7, 11) is -3.01. The fourth-order valence-corrected chi connectivity index (χ4v) is 4.60. The third-order valence-electron chi connectivity index (χ3n) is 3.40. The molecule has 20 heavy (non-hydrogen) atoms. The molecular formula is C12H19N3O3S2. The first-order valence-corrected chi connectivity index (χ1v) is 9.35. The molecule has 1 fully saturated rings. The minimum atomic E-state index is -3.01. The molecule has 6 nitrogen and oxygen atoms in total. The number of anilines is 1. The summed E-state index contributed by atoms with van der Waals surface area (Å²) >= 11 is 1.22. The molecule has 2 N–H and O–H groups in total. The molecular weight excluding hydrogens is 298 g/mol. The van der Waals surface area contributed by atoms with Crippen molar-refractivity contribution in [2.45, 2.75) is 32.2 Å². The second-order valence-electron chi connectivity index (χ2n) is 4.98. The van der Waals surface area contributed by atoms with E-state index in [0.717, 1.165) is 12.8 Å². The number of sulfone groups is 1. The van der Waals surface area contributed by atoms with Crippen molar-refractivity contribution in [1.82, 2.24) is 9.88 Å². The van der Waals surface area contributed by atoms with Crippen LogP contribution in [-0.2, 0) is 9.84 Å². The molecule has 2 heterocycles. The average molecular weight is 317 g/mol. The van der Waals surface area contributed by atoms with E-state index in [-0.39, 0.29) is 23.5 Å². The SMILES string of the molecule is CCCCN(C(=O)c1csc(N)n1)C1CCS(=O)(=O)C1. The van der Waals surface area contributed by atoms with Crippen LogP contribution in [0, 0.1) is 0 Å². The first-order valence-electron chi connectivity index (χ1n) is 6.65. The van der Waals surface area contributed by atoms with Gasteiger partial charge in [-0.25, -0.2) is 13.4 Å². The van der Waals surface area contributed by atoms with Crippen LogP contribution in [0.1, 0.15) is 36.7 Å². The van der Waals surface area contributed by atoms with E-state index in [2.05, 4.69) is 4.98 Å². The molecule has 1 unspecified atom stereocenters. The molecule has 0 aliphatic carbocycles. The zero-order valence-corrected chi connectivity index (χ0v) is 13.0. The van der Waals surface area contributed by atoms with Gasteiger partial charge in [0.1, 0.15) is 5.69 Å². The number of hydrogen-bond acceptors (Lipinski definition) is 6. The van der Waals surface area contributed by atoms with Crippen LogP contribution < -0.4 is 5.73 Å². The molecule has 0 aromatic carbocycles. The maximum atomic E-state index is 12.5. The summed E-state index contributed by atoms with van der Waals surface area (Å²) in [5.74, 6) is 0.00276. The van der Waals surface area contributed by atoms with Gasteiger partial charge in [0.05, 0.1) is 11.5 Å². The molecule has 1 aliphatic rings. The maximum Gasteiger partial charge on any atom is 0.273 e. The van der Waals surface area contributed by atoms with Crippen molar-refractivity contribution in [3.05, 3.63) is 11.1 Å². The first kappa shape index (κ1) is 15.2. The standard InChI is InChI=1S/C12H19N3O3S2/c1-2-3-5-15(9-4-6-20(17,18)8-9)11(16)10-7-19-12(13)14-10/h7,9H,2-6,8H2,1H3,(H2,13,14). The highest BCUT2D eigenvalue weighted by Gasteiger charge is 2.35. The molecule has 0 bridgehead atoms. The lowest BCUT2D eigenvalue weighted by atomic mass is 10.2. The summed E-state index contributed by atoms with van der Waals surface area (Å²) in [6, 6.07) is -0.234. The van der Waals surface area contributed by atoms with Gasteiger partial charge < -0.3 is 10.6 Å². The molecule has 0 radical (unpaired) electrons. The van der Waals surface area contributed by atoms with E-state index in [0.29, 0.717) is 23.8 Å². The van der Waals surface area contributed by atoms with Gasteiger partial charge in [0.2, 0.25) is 0 Å². The maximum absolute atomic E-state index is 12.5. The highest BCUT2D eigenvalue weighted by Crippen LogP contribution is 2.21. The predicted octanol–water partition coefficient (Wildman–Crippen LogP) is 1.15. The van der Waals surface area contributed by atoms with Gasteiger partial charge in [0, 0.05) is 18.0 Å². The average Bonchev–Trinajstić information content (AvgIpc) is 2.96. The van der Waals surface area contributed by atoms with Crippen molar-refractivity contribution in [2.75, 3.05) is 23.8 Å². The number of nitrogens with zero attached hydrogens (tertiary/aromatic N) is 2. The second kappa shape index (κ2) is 6.09. The van der Waals surface area contributed by atoms with E-state index in [1.54, 1.807) is 10.3 Å². The van der Waals surface area contributed by atoms with Gasteiger partial charge in [-0.3, -0.25) is 4.79 Å². The summed E-state index contributed by atoms with van der Waals surface area (Å²) in [4.78, 5) is 18.1. The lowest BCUT2D eigenvalue weighted by Gasteiger charge is -2.27. The molecule has 112 valence electrons. The Morgan fingerprint density at radius 3 is 2.85 bits per heavy atom. The third-order valence-corrected chi connectivity index (χ3v) is 5.83. The van der Waals surface area contributed by atoms with E-state index >= 15 is 0 Å². The summed E-state index contributed by atoms with van der Waals surface area (Å²) in [6.45, 7) is 2.60. The topological polar surface area (TPSA) is 93.4 Å². The Balaban J connectivity index is 2.17. The van der Waals surface area contributed by atoms with Crippen LogP contribution in [-0.4, -0.2) is 48.3 Å². The number of thiazole rings is 1. The number of hydrogen-bond donors (Lipinski definition) is 1. The molecule has 1 saturated heterocycles. The molecule has 2 rings (SSSR count). The number of unbranched alkanes of at least 4 members (excludes halogenated alkanes) is 1. The smallest absolute Gasteiger partial charge is 0.273 e. The zero-order valence-electron chi connectivity index (χ0n) is 11.4. The van der Waals surface area contributed by atoms with E-state index in [9.17, 15) is 13.2 Å². The molecule has 1 atom stereocenters. The van der Waals surface area contributed by atoms with Crippen LogP contribution in [0.2, 0.25) is 0 Å². The Bertz CT molecular complexity index is 583. The van der Waals surface area contributed by atoms with Crippen LogP contribution >= 0.6 is 11.3 Å². The Kier molecular flexibility index (Phi) is 4.64. The van der Waals surface area contributed by atoms with E-state index in [4.69, 9.17) is 5.73 Å². The van der Waals surface area contributed by atoms with Crippen LogP contribution in [0.5, 0.6) is 0 Å². The lowest BCUT2D eigenvalue weighted by molar-refractivity contribution is 0.0689. The summed E-state index contributed by atoms with van der Waals surface area (Å²) < 4.78 is 23.2. The first-order chi connectivity index (χ1) is 9.43. The molecule has 1 aromatic heterocycles. The van der Waals surface area contributed by atoms with Crippen molar-refractivity contribution in [3.8, 4) is 0 Å². The van der Waals surface area contributed by atoms with Crippen molar-refractivity contribution in [2.24, 2.45) is 0 Å². The number of carbonyl (C=O) groups excluding carboxylic acids is 1. The minimum Gasteiger partial charge on any atom is -0.375 e. The summed E-state index contributed by atoms with van der Waals surface area (Å²) in [5, 5.41) is 1.97. The molecule has 0 spiro atoms. The number of carbonyl (C=O) groups is 1. The van der Waals surface area contributed by atoms with E-state index in [1.165, 1.54) is 11.3 Å². The summed E-state index contributed by atoms with van der Waals surface area (Å²) in [6.07, 6.45) is 2.31. The summed E-state index contributed by atoms with van der Waals surface area (Å²) in [5.41, 5.74) is 5.87. The number of nitrogens with two attached hydrogens (primary N) is 1. The lowest BCUT2D eigenvalue weighted by Crippen LogP contribution is -2.42. The number of rotatable bonds is 5. The van der Waals surface area contributed by atoms with E-state index in [1.807, 2.05) is 6.92 Å². The van der Waals surface area contributed by atoms with Gasteiger partial charge in [-0.05, 0) is 12.8 Å². The largest absolute Gasteiger partial charge is 0.375 e. The van der Waals surface area contributed by atoms with Gasteiger partial charge in [-0.1, -0.05) is 13.3 Å². The Labute approximate surface area is 122 Å². The van der Waals surface area contributed by atoms with Crippen LogP contribution in [0.25, 0.3) is 0 Å². The van der Waals surface area contributed by atoms with Gasteiger partial charge >= 0.3 is 0 Å². The molecule has 1 amide bonds. The number of aromatic nitrogens is 1. The van der Waals surface area contributed by atoms with Gasteiger partial charge in [-0.15, -0.1) is 11.3 Å². The Morgan fingerprint density at radius 2 is 2.35 bits per heavy atom. The van der Waals surface area contributed by atoms with E-state index < -0.39 is 9.84 Å². The van der Waals surface area contributed by atoms with Crippen molar-refractivity contribution in [1.29, 1.82) is 0 Å². The predicted molar refractivity (Wildman–Crippen MR) is 79.5 cm³/mol. The third kappa shape index (κ3) is 3.49. The second-order valence-corrected chi connectivity index (χ2v) is 8.10. The van der Waals surface area contributed by atoms with Crippen molar-refractivity contribution >= 4 is 32.2 Å².